The molecule has 378 valence electrons. The molecule has 0 aromatic carbocycles. The molecule has 0 unspecified atom stereocenters. The number of esters is 3. The summed E-state index contributed by atoms with van der Waals surface area (Å²) in [7, 11) is 0. The summed E-state index contributed by atoms with van der Waals surface area (Å²) in [5, 5.41) is 0. The number of hydrogen-bond acceptors (Lipinski definition) is 6. The van der Waals surface area contributed by atoms with E-state index in [2.05, 4.69) is 69.4 Å². The van der Waals surface area contributed by atoms with Gasteiger partial charge in [-0.05, 0) is 77.0 Å². The van der Waals surface area contributed by atoms with Crippen LogP contribution in [0.5, 0.6) is 0 Å². The maximum Gasteiger partial charge on any atom is 0.306 e. The topological polar surface area (TPSA) is 78.9 Å². The molecule has 0 aliphatic rings. The molecule has 0 spiro atoms. The monoisotopic (exact) mass is 911 g/mol. The predicted molar refractivity (Wildman–Crippen MR) is 279 cm³/mol. The van der Waals surface area contributed by atoms with Crippen LogP contribution in [0.2, 0.25) is 0 Å². The lowest BCUT2D eigenvalue weighted by Gasteiger charge is -2.18. The lowest BCUT2D eigenvalue weighted by Crippen LogP contribution is -2.30. The van der Waals surface area contributed by atoms with Crippen LogP contribution in [0.1, 0.15) is 290 Å². The van der Waals surface area contributed by atoms with Gasteiger partial charge in [-0.1, -0.05) is 243 Å². The number of unbranched alkanes of at least 4 members (excludes halogenated alkanes) is 32. The molecule has 65 heavy (non-hydrogen) atoms. The fourth-order valence-electron chi connectivity index (χ4n) is 8.02. The van der Waals surface area contributed by atoms with E-state index in [0.717, 1.165) is 70.6 Å². The quantitative estimate of drug-likeness (QED) is 0.0262. The van der Waals surface area contributed by atoms with Crippen molar-refractivity contribution in [1.29, 1.82) is 0 Å². The Morgan fingerprint density at radius 2 is 0.569 bits per heavy atom. The molecular formula is C59H106O6. The van der Waals surface area contributed by atoms with Crippen molar-refractivity contribution >= 4 is 17.9 Å². The Balaban J connectivity index is 4.31. The minimum atomic E-state index is -0.793. The third-order valence-corrected chi connectivity index (χ3v) is 12.3. The van der Waals surface area contributed by atoms with Gasteiger partial charge in [0.25, 0.3) is 0 Å². The molecule has 0 fully saturated rings. The molecule has 0 radical (unpaired) electrons. The average molecular weight is 911 g/mol. The highest BCUT2D eigenvalue weighted by atomic mass is 16.6. The highest BCUT2D eigenvalue weighted by Gasteiger charge is 2.19. The molecule has 1 atom stereocenters. The zero-order chi connectivity index (χ0) is 47.2. The molecule has 0 aliphatic heterocycles. The third-order valence-electron chi connectivity index (χ3n) is 12.3. The number of allylic oxidation sites excluding steroid dienone is 8. The average Bonchev–Trinajstić information content (AvgIpc) is 3.30. The minimum Gasteiger partial charge on any atom is -0.462 e. The van der Waals surface area contributed by atoms with Gasteiger partial charge in [-0.2, -0.15) is 0 Å². The first-order valence-corrected chi connectivity index (χ1v) is 28.1. The molecule has 6 heteroatoms. The molecule has 0 amide bonds. The number of rotatable bonds is 51. The maximum absolute atomic E-state index is 12.8. The van der Waals surface area contributed by atoms with E-state index in [1.54, 1.807) is 0 Å². The molecule has 0 rings (SSSR count). The summed E-state index contributed by atoms with van der Waals surface area (Å²) in [4.78, 5) is 38.0. The van der Waals surface area contributed by atoms with Crippen LogP contribution in [-0.2, 0) is 28.6 Å². The second kappa shape index (κ2) is 54.0. The van der Waals surface area contributed by atoms with Crippen LogP contribution in [-0.4, -0.2) is 37.2 Å². The summed E-state index contributed by atoms with van der Waals surface area (Å²) >= 11 is 0. The smallest absolute Gasteiger partial charge is 0.306 e. The van der Waals surface area contributed by atoms with Gasteiger partial charge in [0.2, 0.25) is 0 Å². The highest BCUT2D eigenvalue weighted by molar-refractivity contribution is 5.71. The van der Waals surface area contributed by atoms with E-state index in [4.69, 9.17) is 14.2 Å². The summed E-state index contributed by atoms with van der Waals surface area (Å²) in [6.07, 6.45) is 65.4. The number of carbonyl (C=O) groups excluding carboxylic acids is 3. The fourth-order valence-corrected chi connectivity index (χ4v) is 8.02. The summed E-state index contributed by atoms with van der Waals surface area (Å²) < 4.78 is 16.8. The van der Waals surface area contributed by atoms with Crippen LogP contribution >= 0.6 is 0 Å². The van der Waals surface area contributed by atoms with Gasteiger partial charge in [0, 0.05) is 19.3 Å². The van der Waals surface area contributed by atoms with Gasteiger partial charge in [0.1, 0.15) is 13.2 Å². The Kier molecular flexibility index (Phi) is 51.8. The molecule has 0 aromatic heterocycles. The Bertz CT molecular complexity index is 1140. The Morgan fingerprint density at radius 3 is 0.985 bits per heavy atom. The Labute approximate surface area is 403 Å². The van der Waals surface area contributed by atoms with E-state index in [1.807, 2.05) is 0 Å². The van der Waals surface area contributed by atoms with Gasteiger partial charge in [0.05, 0.1) is 0 Å². The zero-order valence-electron chi connectivity index (χ0n) is 43.3. The molecule has 0 heterocycles. The van der Waals surface area contributed by atoms with Crippen LogP contribution < -0.4 is 0 Å². The van der Waals surface area contributed by atoms with E-state index in [-0.39, 0.29) is 37.5 Å². The van der Waals surface area contributed by atoms with Crippen molar-refractivity contribution in [2.24, 2.45) is 0 Å². The van der Waals surface area contributed by atoms with Crippen LogP contribution in [0, 0.1) is 0 Å². The van der Waals surface area contributed by atoms with Gasteiger partial charge in [-0.3, -0.25) is 14.4 Å². The largest absolute Gasteiger partial charge is 0.462 e. The van der Waals surface area contributed by atoms with Crippen LogP contribution in [0.25, 0.3) is 0 Å². The standard InChI is InChI=1S/C59H106O6/c1-4-7-10-13-16-19-22-24-26-27-28-29-30-31-33-34-37-40-43-46-49-52-58(61)64-55-56(54-63-57(60)51-48-45-42-39-36-21-18-15-12-9-6-3)65-59(62)53-50-47-44-41-38-35-32-25-23-20-17-14-11-8-5-2/h15,17-18,20,25,32,38,41,56H,4-14,16,19,21-24,26-31,33-37,39-40,42-55H2,1-3H3/b18-15-,20-17-,32-25-,41-38-/t56-/m1/s1. The summed E-state index contributed by atoms with van der Waals surface area (Å²) in [5.74, 6) is -0.926. The van der Waals surface area contributed by atoms with E-state index >= 15 is 0 Å². The van der Waals surface area contributed by atoms with E-state index < -0.39 is 6.10 Å². The van der Waals surface area contributed by atoms with Gasteiger partial charge < -0.3 is 14.2 Å². The second-order valence-electron chi connectivity index (χ2n) is 18.8. The van der Waals surface area contributed by atoms with Gasteiger partial charge in [-0.25, -0.2) is 0 Å². The van der Waals surface area contributed by atoms with Crippen molar-refractivity contribution in [1.82, 2.24) is 0 Å². The second-order valence-corrected chi connectivity index (χ2v) is 18.8. The molecule has 0 aliphatic carbocycles. The number of ether oxygens (including phenoxy) is 3. The molecule has 0 saturated heterocycles. The summed E-state index contributed by atoms with van der Waals surface area (Å²) in [6.45, 7) is 6.56. The minimum absolute atomic E-state index is 0.0884. The fraction of sp³-hybridized carbons (Fsp3) is 0.814. The van der Waals surface area contributed by atoms with Crippen LogP contribution in [0.15, 0.2) is 48.6 Å². The lowest BCUT2D eigenvalue weighted by molar-refractivity contribution is -0.167. The molecule has 0 saturated carbocycles. The molecule has 6 nitrogen and oxygen atoms in total. The van der Waals surface area contributed by atoms with Gasteiger partial charge >= 0.3 is 17.9 Å². The number of hydrogen-bond donors (Lipinski definition) is 0. The summed E-state index contributed by atoms with van der Waals surface area (Å²) in [6, 6.07) is 0. The maximum atomic E-state index is 12.8. The van der Waals surface area contributed by atoms with Crippen molar-refractivity contribution in [2.45, 2.75) is 297 Å². The Morgan fingerprint density at radius 1 is 0.308 bits per heavy atom. The normalized spacial score (nSPS) is 12.4. The summed E-state index contributed by atoms with van der Waals surface area (Å²) in [5.41, 5.74) is 0. The van der Waals surface area contributed by atoms with Crippen molar-refractivity contribution in [3.63, 3.8) is 0 Å². The molecule has 0 aromatic rings. The first-order chi connectivity index (χ1) is 32.0. The van der Waals surface area contributed by atoms with Crippen molar-refractivity contribution in [3.05, 3.63) is 48.6 Å². The first-order valence-electron chi connectivity index (χ1n) is 28.1. The van der Waals surface area contributed by atoms with Gasteiger partial charge in [-0.15, -0.1) is 0 Å². The Hall–Kier alpha value is -2.63. The van der Waals surface area contributed by atoms with Crippen molar-refractivity contribution in [3.8, 4) is 0 Å². The van der Waals surface area contributed by atoms with Crippen molar-refractivity contribution in [2.75, 3.05) is 13.2 Å². The van der Waals surface area contributed by atoms with Gasteiger partial charge in [0.15, 0.2) is 6.10 Å². The lowest BCUT2D eigenvalue weighted by atomic mass is 10.0. The van der Waals surface area contributed by atoms with E-state index in [9.17, 15) is 14.4 Å². The number of carbonyl (C=O) groups is 3. The van der Waals surface area contributed by atoms with E-state index in [0.29, 0.717) is 19.3 Å². The van der Waals surface area contributed by atoms with Crippen LogP contribution in [0.4, 0.5) is 0 Å². The third kappa shape index (κ3) is 52.2. The zero-order valence-corrected chi connectivity index (χ0v) is 43.3. The SMILES string of the molecule is CCCC/C=C\CCCCCCCC(=O)OC[C@H](COC(=O)CCCCCCCCCCCCCCCCCCCCCCC)OC(=O)CCCC/C=C\C/C=C\C/C=C\CCCCC. The van der Waals surface area contributed by atoms with E-state index in [1.165, 1.54) is 173 Å². The molecular weight excluding hydrogens is 805 g/mol. The molecule has 0 bridgehead atoms. The van der Waals surface area contributed by atoms with Crippen LogP contribution in [0.3, 0.4) is 0 Å². The molecule has 0 N–H and O–H groups in total. The predicted octanol–water partition coefficient (Wildman–Crippen LogP) is 18.7. The first kappa shape index (κ1) is 62.4. The van der Waals surface area contributed by atoms with Crippen molar-refractivity contribution < 1.29 is 28.6 Å². The highest BCUT2D eigenvalue weighted by Crippen LogP contribution is 2.16.